The van der Waals surface area contributed by atoms with Gasteiger partial charge >= 0.3 is 0 Å². The molecule has 2 N–H and O–H groups in total. The fourth-order valence-corrected chi connectivity index (χ4v) is 3.74. The van der Waals surface area contributed by atoms with E-state index in [0.29, 0.717) is 5.75 Å². The average molecular weight is 332 g/mol. The summed E-state index contributed by atoms with van der Waals surface area (Å²) in [5, 5.41) is 0. The lowest BCUT2D eigenvalue weighted by atomic mass is 10.1. The lowest BCUT2D eigenvalue weighted by molar-refractivity contribution is 0.0944. The fourth-order valence-electron chi connectivity index (χ4n) is 3.74. The van der Waals surface area contributed by atoms with Crippen LogP contribution in [0, 0.1) is 0 Å². The number of likely N-dealkylation sites (tertiary alicyclic amines) is 2. The number of primary amides is 1. The Bertz CT molecular complexity index is 558. The van der Waals surface area contributed by atoms with Crippen molar-refractivity contribution in [3.05, 3.63) is 24.0 Å². The summed E-state index contributed by atoms with van der Waals surface area (Å²) in [6.07, 6.45) is 7.79. The van der Waals surface area contributed by atoms with Crippen molar-refractivity contribution >= 4 is 5.91 Å². The number of aromatic nitrogens is 1. The van der Waals surface area contributed by atoms with Crippen LogP contribution in [0.5, 0.6) is 5.75 Å². The molecule has 1 aromatic rings. The minimum atomic E-state index is -0.521. The number of ether oxygens (including phenoxy) is 1. The largest absolute Gasteiger partial charge is 0.490 e. The van der Waals surface area contributed by atoms with Gasteiger partial charge in [0.2, 0.25) is 0 Å². The molecular formula is C18H28N4O2. The van der Waals surface area contributed by atoms with E-state index in [0.717, 1.165) is 32.0 Å². The van der Waals surface area contributed by atoms with Gasteiger partial charge < -0.3 is 20.3 Å². The first-order valence-corrected chi connectivity index (χ1v) is 8.97. The van der Waals surface area contributed by atoms with Crippen LogP contribution in [0.2, 0.25) is 0 Å². The fraction of sp³-hybridized carbons (Fsp3) is 0.667. The third-order valence-electron chi connectivity index (χ3n) is 5.27. The molecule has 6 heteroatoms. The van der Waals surface area contributed by atoms with Crippen molar-refractivity contribution in [1.82, 2.24) is 14.8 Å². The smallest absolute Gasteiger partial charge is 0.267 e. The summed E-state index contributed by atoms with van der Waals surface area (Å²) in [5.74, 6) is 0.164. The number of rotatable bonds is 6. The van der Waals surface area contributed by atoms with Gasteiger partial charge in [-0.2, -0.15) is 0 Å². The Morgan fingerprint density at radius 3 is 2.79 bits per heavy atom. The minimum Gasteiger partial charge on any atom is -0.490 e. The van der Waals surface area contributed by atoms with Crippen LogP contribution in [-0.4, -0.2) is 66.1 Å². The summed E-state index contributed by atoms with van der Waals surface area (Å²) in [4.78, 5) is 20.2. The number of piperidine rings is 1. The molecule has 0 radical (unpaired) electrons. The minimum absolute atomic E-state index is 0.207. The first-order valence-electron chi connectivity index (χ1n) is 8.97. The van der Waals surface area contributed by atoms with E-state index in [2.05, 4.69) is 21.8 Å². The Hall–Kier alpha value is -1.66. The summed E-state index contributed by atoms with van der Waals surface area (Å²) in [6.45, 7) is 4.59. The van der Waals surface area contributed by atoms with Gasteiger partial charge in [-0.25, -0.2) is 0 Å². The van der Waals surface area contributed by atoms with E-state index in [4.69, 9.17) is 10.5 Å². The molecule has 132 valence electrons. The Kier molecular flexibility index (Phi) is 5.68. The highest BCUT2D eigenvalue weighted by Crippen LogP contribution is 2.21. The van der Waals surface area contributed by atoms with Crippen LogP contribution in [0.3, 0.4) is 0 Å². The Balaban J connectivity index is 1.42. The monoisotopic (exact) mass is 332 g/mol. The van der Waals surface area contributed by atoms with Crippen molar-refractivity contribution in [3.63, 3.8) is 0 Å². The maximum atomic E-state index is 11.2. The maximum absolute atomic E-state index is 11.2. The van der Waals surface area contributed by atoms with Crippen molar-refractivity contribution < 1.29 is 9.53 Å². The summed E-state index contributed by atoms with van der Waals surface area (Å²) >= 11 is 0. The average Bonchev–Trinajstić information content (AvgIpc) is 2.99. The van der Waals surface area contributed by atoms with E-state index in [1.54, 1.807) is 18.3 Å². The topological polar surface area (TPSA) is 71.7 Å². The normalized spacial score (nSPS) is 23.5. The molecule has 0 spiro atoms. The van der Waals surface area contributed by atoms with Crippen LogP contribution >= 0.6 is 0 Å². The van der Waals surface area contributed by atoms with Crippen molar-refractivity contribution in [2.24, 2.45) is 5.73 Å². The number of nitrogens with two attached hydrogens (primary N) is 1. The first-order chi connectivity index (χ1) is 11.6. The van der Waals surface area contributed by atoms with E-state index in [-0.39, 0.29) is 11.8 Å². The van der Waals surface area contributed by atoms with Crippen LogP contribution in [0.4, 0.5) is 0 Å². The van der Waals surface area contributed by atoms with Gasteiger partial charge in [0.1, 0.15) is 17.5 Å². The standard InChI is InChI=1S/C18H28N4O2/c1-21-9-2-3-14(21)5-10-22-11-6-15(7-12-22)24-16-4-8-20-17(13-16)18(19)23/h4,8,13-15H,2-3,5-7,9-12H2,1H3,(H2,19,23). The van der Waals surface area contributed by atoms with E-state index in [1.807, 2.05) is 0 Å². The SMILES string of the molecule is CN1CCCC1CCN1CCC(Oc2ccnc(C(N)=O)c2)CC1. The van der Waals surface area contributed by atoms with Crippen molar-refractivity contribution in [2.75, 3.05) is 33.2 Å². The Morgan fingerprint density at radius 2 is 2.12 bits per heavy atom. The number of carbonyl (C=O) groups excluding carboxylic acids is 1. The van der Waals surface area contributed by atoms with Gasteiger partial charge in [-0.05, 0) is 58.3 Å². The number of hydrogen-bond acceptors (Lipinski definition) is 5. The molecule has 24 heavy (non-hydrogen) atoms. The van der Waals surface area contributed by atoms with Gasteiger partial charge in [-0.15, -0.1) is 0 Å². The molecule has 6 nitrogen and oxygen atoms in total. The molecule has 1 aromatic heterocycles. The van der Waals surface area contributed by atoms with E-state index in [9.17, 15) is 4.79 Å². The second kappa shape index (κ2) is 7.94. The predicted molar refractivity (Wildman–Crippen MR) is 93.1 cm³/mol. The van der Waals surface area contributed by atoms with Gasteiger partial charge in [0.05, 0.1) is 0 Å². The lowest BCUT2D eigenvalue weighted by Crippen LogP contribution is -2.40. The van der Waals surface area contributed by atoms with Crippen LogP contribution in [0.25, 0.3) is 0 Å². The zero-order valence-corrected chi connectivity index (χ0v) is 14.5. The highest BCUT2D eigenvalue weighted by atomic mass is 16.5. The number of pyridine rings is 1. The van der Waals surface area contributed by atoms with E-state index >= 15 is 0 Å². The van der Waals surface area contributed by atoms with Crippen molar-refractivity contribution in [3.8, 4) is 5.75 Å². The summed E-state index contributed by atoms with van der Waals surface area (Å²) in [6, 6.07) is 4.18. The van der Waals surface area contributed by atoms with Crippen molar-refractivity contribution in [2.45, 2.75) is 44.2 Å². The van der Waals surface area contributed by atoms with Gasteiger partial charge in [0, 0.05) is 31.4 Å². The lowest BCUT2D eigenvalue weighted by Gasteiger charge is -2.33. The second-order valence-corrected chi connectivity index (χ2v) is 6.97. The van der Waals surface area contributed by atoms with Crippen LogP contribution in [0.1, 0.15) is 42.6 Å². The number of nitrogens with zero attached hydrogens (tertiary/aromatic N) is 3. The summed E-state index contributed by atoms with van der Waals surface area (Å²) < 4.78 is 6.01. The van der Waals surface area contributed by atoms with Gasteiger partial charge in [-0.1, -0.05) is 0 Å². The Labute approximate surface area is 144 Å². The van der Waals surface area contributed by atoms with Gasteiger partial charge in [-0.3, -0.25) is 9.78 Å². The molecule has 0 bridgehead atoms. The number of amides is 1. The molecule has 2 aliphatic rings. The third-order valence-corrected chi connectivity index (χ3v) is 5.27. The highest BCUT2D eigenvalue weighted by molar-refractivity contribution is 5.91. The molecule has 0 saturated carbocycles. The molecular weight excluding hydrogens is 304 g/mol. The molecule has 0 aliphatic carbocycles. The Morgan fingerprint density at radius 1 is 1.33 bits per heavy atom. The first kappa shape index (κ1) is 17.2. The predicted octanol–water partition coefficient (Wildman–Crippen LogP) is 1.51. The zero-order valence-electron chi connectivity index (χ0n) is 14.5. The van der Waals surface area contributed by atoms with Crippen LogP contribution < -0.4 is 10.5 Å². The third kappa shape index (κ3) is 4.45. The van der Waals surface area contributed by atoms with E-state index < -0.39 is 5.91 Å². The zero-order chi connectivity index (χ0) is 16.9. The van der Waals surface area contributed by atoms with Crippen LogP contribution in [-0.2, 0) is 0 Å². The molecule has 1 atom stereocenters. The van der Waals surface area contributed by atoms with E-state index in [1.165, 1.54) is 32.4 Å². The van der Waals surface area contributed by atoms with Crippen molar-refractivity contribution in [1.29, 1.82) is 0 Å². The molecule has 3 rings (SSSR count). The molecule has 3 heterocycles. The molecule has 2 saturated heterocycles. The van der Waals surface area contributed by atoms with Crippen LogP contribution in [0.15, 0.2) is 18.3 Å². The molecule has 1 unspecified atom stereocenters. The molecule has 2 aliphatic heterocycles. The molecule has 1 amide bonds. The summed E-state index contributed by atoms with van der Waals surface area (Å²) in [7, 11) is 2.24. The summed E-state index contributed by atoms with van der Waals surface area (Å²) in [5.41, 5.74) is 5.52. The molecule has 0 aromatic carbocycles. The highest BCUT2D eigenvalue weighted by Gasteiger charge is 2.24. The quantitative estimate of drug-likeness (QED) is 0.855. The van der Waals surface area contributed by atoms with Gasteiger partial charge in [0.25, 0.3) is 5.91 Å². The maximum Gasteiger partial charge on any atom is 0.267 e. The molecule has 2 fully saturated rings. The number of carbonyl (C=O) groups is 1. The van der Waals surface area contributed by atoms with Gasteiger partial charge in [0.15, 0.2) is 0 Å². The number of hydrogen-bond donors (Lipinski definition) is 1. The second-order valence-electron chi connectivity index (χ2n) is 6.97.